The summed E-state index contributed by atoms with van der Waals surface area (Å²) in [6.45, 7) is 4.14. The van der Waals surface area contributed by atoms with Crippen LogP contribution < -0.4 is 0 Å². The Labute approximate surface area is 105 Å². The second-order valence-electron chi connectivity index (χ2n) is 4.37. The Hall–Kier alpha value is -1.54. The Morgan fingerprint density at radius 1 is 1.18 bits per heavy atom. The lowest BCUT2D eigenvalue weighted by Gasteiger charge is -1.95. The molecule has 0 bridgehead atoms. The first-order valence-corrected chi connectivity index (χ1v) is 6.57. The van der Waals surface area contributed by atoms with E-state index < -0.39 is 0 Å². The van der Waals surface area contributed by atoms with Crippen LogP contribution in [-0.2, 0) is 6.42 Å². The number of furan rings is 1. The lowest BCUT2D eigenvalue weighted by Crippen LogP contribution is -1.84. The molecule has 0 aliphatic heterocycles. The molecular weight excluding hydrogens is 228 g/mol. The van der Waals surface area contributed by atoms with Crippen LogP contribution in [0.5, 0.6) is 0 Å². The third-order valence-corrected chi connectivity index (χ3v) is 4.35. The lowest BCUT2D eigenvalue weighted by atomic mass is 10.1. The van der Waals surface area contributed by atoms with E-state index in [1.807, 2.05) is 24.5 Å². The minimum Gasteiger partial charge on any atom is -0.469 e. The van der Waals surface area contributed by atoms with Gasteiger partial charge in [0.2, 0.25) is 0 Å². The number of aryl methyl sites for hydroxylation is 1. The van der Waals surface area contributed by atoms with Crippen molar-refractivity contribution in [3.63, 3.8) is 0 Å². The maximum atomic E-state index is 5.45. The second kappa shape index (κ2) is 4.04. The van der Waals surface area contributed by atoms with Gasteiger partial charge in [0.25, 0.3) is 0 Å². The largest absolute Gasteiger partial charge is 0.469 e. The Morgan fingerprint density at radius 3 is 2.71 bits per heavy atom. The summed E-state index contributed by atoms with van der Waals surface area (Å²) in [5.41, 5.74) is 2.58. The molecule has 3 aromatic rings. The first kappa shape index (κ1) is 10.6. The topological polar surface area (TPSA) is 13.1 Å². The molecule has 2 heterocycles. The standard InChI is InChI=1S/C15H14OS/c1-10-11(2)16-9-13(10)8-14-7-12-5-3-4-6-15(12)17-14/h3-7,9H,8H2,1-2H3. The fourth-order valence-electron chi connectivity index (χ4n) is 2.05. The summed E-state index contributed by atoms with van der Waals surface area (Å²) in [5.74, 6) is 1.03. The Morgan fingerprint density at radius 2 is 2.00 bits per heavy atom. The number of hydrogen-bond acceptors (Lipinski definition) is 2. The zero-order chi connectivity index (χ0) is 11.8. The summed E-state index contributed by atoms with van der Waals surface area (Å²) in [6, 6.07) is 10.8. The number of hydrogen-bond donors (Lipinski definition) is 0. The highest BCUT2D eigenvalue weighted by Crippen LogP contribution is 2.28. The van der Waals surface area contributed by atoms with E-state index in [2.05, 4.69) is 37.3 Å². The number of thiophene rings is 1. The van der Waals surface area contributed by atoms with E-state index in [-0.39, 0.29) is 0 Å². The van der Waals surface area contributed by atoms with Crippen LogP contribution in [0.25, 0.3) is 10.1 Å². The van der Waals surface area contributed by atoms with Crippen molar-refractivity contribution in [3.05, 3.63) is 58.4 Å². The van der Waals surface area contributed by atoms with Gasteiger partial charge in [0.05, 0.1) is 6.26 Å². The van der Waals surface area contributed by atoms with E-state index in [0.29, 0.717) is 0 Å². The fourth-order valence-corrected chi connectivity index (χ4v) is 3.14. The van der Waals surface area contributed by atoms with E-state index in [9.17, 15) is 0 Å². The quantitative estimate of drug-likeness (QED) is 0.634. The molecule has 0 fully saturated rings. The summed E-state index contributed by atoms with van der Waals surface area (Å²) in [7, 11) is 0. The molecule has 0 amide bonds. The van der Waals surface area contributed by atoms with Gasteiger partial charge in [-0.3, -0.25) is 0 Å². The molecule has 0 radical (unpaired) electrons. The number of benzene rings is 1. The summed E-state index contributed by atoms with van der Waals surface area (Å²) in [4.78, 5) is 1.40. The van der Waals surface area contributed by atoms with Gasteiger partial charge in [-0.15, -0.1) is 11.3 Å². The van der Waals surface area contributed by atoms with Gasteiger partial charge in [-0.1, -0.05) is 18.2 Å². The molecule has 0 N–H and O–H groups in total. The minimum atomic E-state index is 0.975. The molecule has 0 aliphatic carbocycles. The molecule has 2 heteroatoms. The van der Waals surface area contributed by atoms with E-state index in [4.69, 9.17) is 4.42 Å². The highest BCUT2D eigenvalue weighted by molar-refractivity contribution is 7.19. The molecule has 0 aliphatic rings. The summed E-state index contributed by atoms with van der Waals surface area (Å²) < 4.78 is 6.81. The van der Waals surface area contributed by atoms with Crippen LogP contribution >= 0.6 is 11.3 Å². The zero-order valence-electron chi connectivity index (χ0n) is 9.99. The maximum Gasteiger partial charge on any atom is 0.103 e. The van der Waals surface area contributed by atoms with Gasteiger partial charge in [-0.05, 0) is 42.5 Å². The molecule has 0 saturated carbocycles. The van der Waals surface area contributed by atoms with Gasteiger partial charge in [-0.25, -0.2) is 0 Å². The third-order valence-electron chi connectivity index (χ3n) is 3.23. The monoisotopic (exact) mass is 242 g/mol. The van der Waals surface area contributed by atoms with Crippen molar-refractivity contribution < 1.29 is 4.42 Å². The second-order valence-corrected chi connectivity index (χ2v) is 5.54. The fraction of sp³-hybridized carbons (Fsp3) is 0.200. The average molecular weight is 242 g/mol. The van der Waals surface area contributed by atoms with Crippen molar-refractivity contribution in [1.82, 2.24) is 0 Å². The molecular formula is C15H14OS. The Bertz CT molecular complexity index is 627. The first-order chi connectivity index (χ1) is 8.24. The average Bonchev–Trinajstić information content (AvgIpc) is 2.87. The number of fused-ring (bicyclic) bond motifs is 1. The Balaban J connectivity index is 1.97. The first-order valence-electron chi connectivity index (χ1n) is 5.75. The van der Waals surface area contributed by atoms with Crippen molar-refractivity contribution in [2.75, 3.05) is 0 Å². The van der Waals surface area contributed by atoms with Gasteiger partial charge in [0.1, 0.15) is 5.76 Å². The minimum absolute atomic E-state index is 0.975. The van der Waals surface area contributed by atoms with Crippen LogP contribution in [0, 0.1) is 13.8 Å². The van der Waals surface area contributed by atoms with E-state index in [1.54, 1.807) is 0 Å². The van der Waals surface area contributed by atoms with E-state index in [0.717, 1.165) is 12.2 Å². The maximum absolute atomic E-state index is 5.45. The van der Waals surface area contributed by atoms with Crippen LogP contribution in [0.15, 0.2) is 41.0 Å². The van der Waals surface area contributed by atoms with Crippen LogP contribution in [0.2, 0.25) is 0 Å². The normalized spacial score (nSPS) is 11.2. The van der Waals surface area contributed by atoms with Gasteiger partial charge in [-0.2, -0.15) is 0 Å². The van der Waals surface area contributed by atoms with Gasteiger partial charge in [0.15, 0.2) is 0 Å². The van der Waals surface area contributed by atoms with Crippen LogP contribution in [0.4, 0.5) is 0 Å². The van der Waals surface area contributed by atoms with Crippen molar-refractivity contribution in [1.29, 1.82) is 0 Å². The highest BCUT2D eigenvalue weighted by Gasteiger charge is 2.08. The smallest absolute Gasteiger partial charge is 0.103 e. The van der Waals surface area contributed by atoms with Gasteiger partial charge in [0, 0.05) is 16.0 Å². The van der Waals surface area contributed by atoms with Crippen molar-refractivity contribution in [2.45, 2.75) is 20.3 Å². The number of rotatable bonds is 2. The molecule has 0 atom stereocenters. The van der Waals surface area contributed by atoms with Crippen molar-refractivity contribution in [2.24, 2.45) is 0 Å². The molecule has 2 aromatic heterocycles. The molecule has 86 valence electrons. The highest BCUT2D eigenvalue weighted by atomic mass is 32.1. The molecule has 3 rings (SSSR count). The molecule has 1 aromatic carbocycles. The van der Waals surface area contributed by atoms with Gasteiger partial charge < -0.3 is 4.42 Å². The van der Waals surface area contributed by atoms with E-state index in [1.165, 1.54) is 26.1 Å². The summed E-state index contributed by atoms with van der Waals surface area (Å²) in [6.07, 6.45) is 2.86. The molecule has 0 spiro atoms. The van der Waals surface area contributed by atoms with Crippen LogP contribution in [0.3, 0.4) is 0 Å². The molecule has 0 saturated heterocycles. The molecule has 17 heavy (non-hydrogen) atoms. The third kappa shape index (κ3) is 1.89. The Kier molecular flexibility index (Phi) is 2.52. The lowest BCUT2D eigenvalue weighted by molar-refractivity contribution is 0.530. The predicted molar refractivity (Wildman–Crippen MR) is 72.8 cm³/mol. The summed E-state index contributed by atoms with van der Waals surface area (Å²) in [5, 5.41) is 1.34. The van der Waals surface area contributed by atoms with Crippen LogP contribution in [-0.4, -0.2) is 0 Å². The van der Waals surface area contributed by atoms with Crippen molar-refractivity contribution in [3.8, 4) is 0 Å². The summed E-state index contributed by atoms with van der Waals surface area (Å²) >= 11 is 1.87. The molecule has 0 unspecified atom stereocenters. The SMILES string of the molecule is Cc1occ(Cc2cc3ccccc3s2)c1C. The van der Waals surface area contributed by atoms with E-state index >= 15 is 0 Å². The van der Waals surface area contributed by atoms with Crippen molar-refractivity contribution >= 4 is 21.4 Å². The zero-order valence-corrected chi connectivity index (χ0v) is 10.8. The predicted octanol–water partition coefficient (Wildman–Crippen LogP) is 4.70. The van der Waals surface area contributed by atoms with Gasteiger partial charge >= 0.3 is 0 Å². The van der Waals surface area contributed by atoms with Crippen LogP contribution in [0.1, 0.15) is 21.8 Å². The molecule has 1 nitrogen and oxygen atoms in total.